The summed E-state index contributed by atoms with van der Waals surface area (Å²) in [7, 11) is 0. The average Bonchev–Trinajstić information content (AvgIpc) is 1.98. The molecule has 0 saturated heterocycles. The van der Waals surface area contributed by atoms with E-state index in [4.69, 9.17) is 0 Å². The van der Waals surface area contributed by atoms with Crippen molar-refractivity contribution >= 4 is 69.6 Å². The van der Waals surface area contributed by atoms with Gasteiger partial charge < -0.3 is 0 Å². The molecule has 0 N–H and O–H groups in total. The van der Waals surface area contributed by atoms with Gasteiger partial charge in [-0.1, -0.05) is 69.6 Å². The molecule has 17 heavy (non-hydrogen) atoms. The molecule has 0 aliphatic rings. The Hall–Kier alpha value is 1.32. The van der Waals surface area contributed by atoms with Gasteiger partial charge in [-0.3, -0.25) is 0 Å². The average molecular weight is 387 g/mol. The molecule has 0 rings (SSSR count). The fourth-order valence-electron chi connectivity index (χ4n) is 0.553. The van der Waals surface area contributed by atoms with Crippen molar-refractivity contribution in [2.75, 3.05) is 0 Å². The molecule has 0 aromatic rings. The monoisotopic (exact) mass is 384 g/mol. The summed E-state index contributed by atoms with van der Waals surface area (Å²) >= 11 is 26.3. The molecule has 12 heteroatoms. The van der Waals surface area contributed by atoms with E-state index < -0.39 is 25.4 Å². The summed E-state index contributed by atoms with van der Waals surface area (Å²) in [5.41, 5.74) is 0. The quantitative estimate of drug-likeness (QED) is 0.434. The van der Waals surface area contributed by atoms with Crippen LogP contribution in [0.3, 0.4) is 0 Å². The first-order valence-corrected chi connectivity index (χ1v) is 5.54. The van der Waals surface area contributed by atoms with E-state index >= 15 is 0 Å². The van der Waals surface area contributed by atoms with Crippen LogP contribution >= 0.6 is 69.6 Å². The van der Waals surface area contributed by atoms with E-state index in [1.54, 1.807) is 0 Å². The van der Waals surface area contributed by atoms with Crippen LogP contribution in [0, 0.1) is 0 Å². The Morgan fingerprint density at radius 3 is 0.765 bits per heavy atom. The molecule has 0 saturated carbocycles. The van der Waals surface area contributed by atoms with Gasteiger partial charge in [0.25, 0.3) is 4.33 Å². The summed E-state index contributed by atoms with van der Waals surface area (Å²) in [6.45, 7) is 0. The largest absolute Gasteiger partial charge is 0.347 e. The predicted molar refractivity (Wildman–Crippen MR) is 55.4 cm³/mol. The number of halogens is 12. The second kappa shape index (κ2) is 4.70. The van der Waals surface area contributed by atoms with Crippen LogP contribution in [-0.2, 0) is 0 Å². The molecule has 0 radical (unpaired) electrons. The minimum absolute atomic E-state index is 4.30. The summed E-state index contributed by atoms with van der Waals surface area (Å²) in [6.07, 6.45) is 0. The lowest BCUT2D eigenvalue weighted by Crippen LogP contribution is -2.63. The lowest BCUT2D eigenvalue weighted by Gasteiger charge is -2.39. The standard InChI is InChI=1S/C5Cl6F6/c6-1(7,2(12,13)4(8,9)16)3(14,15)5(10,11)17. The minimum Gasteiger partial charge on any atom is -0.201 e. The third kappa shape index (κ3) is 2.92. The number of rotatable bonds is 4. The molecular weight excluding hydrogens is 387 g/mol. The Balaban J connectivity index is 5.73. The van der Waals surface area contributed by atoms with Crippen LogP contribution in [0.1, 0.15) is 0 Å². The Labute approximate surface area is 121 Å². The Morgan fingerprint density at radius 1 is 0.471 bits per heavy atom. The third-order valence-electron chi connectivity index (χ3n) is 1.50. The molecule has 0 heterocycles. The van der Waals surface area contributed by atoms with E-state index in [2.05, 4.69) is 69.6 Å². The fourth-order valence-corrected chi connectivity index (χ4v) is 2.03. The molecule has 0 aromatic carbocycles. The van der Waals surface area contributed by atoms with Gasteiger partial charge in [0.15, 0.2) is 0 Å². The fraction of sp³-hybridized carbons (Fsp3) is 1.00. The Morgan fingerprint density at radius 2 is 0.647 bits per heavy atom. The zero-order chi connectivity index (χ0) is 14.5. The summed E-state index contributed by atoms with van der Waals surface area (Å²) < 4.78 is 63.6. The van der Waals surface area contributed by atoms with Crippen LogP contribution in [0.4, 0.5) is 26.3 Å². The molecule has 0 spiro atoms. The molecular formula is C5Cl6F6. The molecule has 0 bridgehead atoms. The molecule has 0 aliphatic heterocycles. The highest BCUT2D eigenvalue weighted by molar-refractivity contribution is 6.56. The predicted octanol–water partition coefficient (Wildman–Crippen LogP) is 5.63. The summed E-state index contributed by atoms with van der Waals surface area (Å²) in [5.74, 6) is -11.0. The second-order valence-corrected chi connectivity index (χ2v) is 6.52. The highest BCUT2D eigenvalue weighted by Gasteiger charge is 2.80. The van der Waals surface area contributed by atoms with Gasteiger partial charge in [-0.15, -0.1) is 0 Å². The lowest BCUT2D eigenvalue weighted by molar-refractivity contribution is -0.169. The summed E-state index contributed by atoms with van der Waals surface area (Å²) in [6, 6.07) is 0. The van der Waals surface area contributed by atoms with E-state index in [9.17, 15) is 26.3 Å². The zero-order valence-electron chi connectivity index (χ0n) is 7.04. The van der Waals surface area contributed by atoms with Crippen molar-refractivity contribution in [3.05, 3.63) is 0 Å². The topological polar surface area (TPSA) is 0 Å². The number of alkyl halides is 12. The first-order valence-electron chi connectivity index (χ1n) is 3.27. The first-order chi connectivity index (χ1) is 7.00. The molecule has 0 unspecified atom stereocenters. The van der Waals surface area contributed by atoms with E-state index in [0.29, 0.717) is 0 Å². The van der Waals surface area contributed by atoms with Crippen LogP contribution in [0.2, 0.25) is 0 Å². The summed E-state index contributed by atoms with van der Waals surface area (Å²) in [5, 5.41) is 0. The van der Waals surface area contributed by atoms with E-state index in [-0.39, 0.29) is 0 Å². The minimum atomic E-state index is -5.49. The van der Waals surface area contributed by atoms with Crippen molar-refractivity contribution in [2.45, 2.75) is 25.4 Å². The Bertz CT molecular complexity index is 262. The Kier molecular flexibility index (Phi) is 5.07. The number of hydrogen-bond acceptors (Lipinski definition) is 0. The molecule has 0 nitrogen and oxygen atoms in total. The molecule has 0 amide bonds. The molecule has 0 atom stereocenters. The van der Waals surface area contributed by atoms with Crippen molar-refractivity contribution in [1.29, 1.82) is 0 Å². The van der Waals surface area contributed by atoms with Crippen LogP contribution in [-0.4, -0.2) is 25.4 Å². The van der Waals surface area contributed by atoms with Crippen LogP contribution in [0.25, 0.3) is 0 Å². The van der Waals surface area contributed by atoms with Gasteiger partial charge in [0, 0.05) is 0 Å². The van der Waals surface area contributed by atoms with Gasteiger partial charge in [0.05, 0.1) is 0 Å². The normalized spacial score (nSPS) is 16.2. The van der Waals surface area contributed by atoms with Crippen molar-refractivity contribution in [3.63, 3.8) is 0 Å². The van der Waals surface area contributed by atoms with Gasteiger partial charge in [0.1, 0.15) is 0 Å². The summed E-state index contributed by atoms with van der Waals surface area (Å²) in [4.78, 5) is 0. The lowest BCUT2D eigenvalue weighted by atomic mass is 10.1. The van der Waals surface area contributed by atoms with Crippen molar-refractivity contribution in [2.24, 2.45) is 0 Å². The highest BCUT2D eigenvalue weighted by atomic mass is 35.5. The third-order valence-corrected chi connectivity index (χ3v) is 3.40. The molecule has 0 aliphatic carbocycles. The molecule has 0 fully saturated rings. The van der Waals surface area contributed by atoms with Gasteiger partial charge in [-0.2, -0.15) is 17.6 Å². The highest BCUT2D eigenvalue weighted by Crippen LogP contribution is 2.62. The van der Waals surface area contributed by atoms with Gasteiger partial charge in [0.2, 0.25) is 0 Å². The SMILES string of the molecule is FC(Cl)(Cl)C(F)(F)C(Cl)(Cl)C(F)(F)C(F)(Cl)Cl. The van der Waals surface area contributed by atoms with Crippen LogP contribution < -0.4 is 0 Å². The van der Waals surface area contributed by atoms with Crippen LogP contribution in [0.5, 0.6) is 0 Å². The second-order valence-electron chi connectivity index (χ2n) is 2.72. The van der Waals surface area contributed by atoms with Gasteiger partial charge in [-0.05, 0) is 0 Å². The molecule has 104 valence electrons. The van der Waals surface area contributed by atoms with Gasteiger partial charge in [-0.25, -0.2) is 8.78 Å². The van der Waals surface area contributed by atoms with E-state index in [0.717, 1.165) is 0 Å². The van der Waals surface area contributed by atoms with E-state index in [1.165, 1.54) is 0 Å². The van der Waals surface area contributed by atoms with E-state index in [1.807, 2.05) is 0 Å². The smallest absolute Gasteiger partial charge is 0.201 e. The maximum absolute atomic E-state index is 13.1. The van der Waals surface area contributed by atoms with Crippen LogP contribution in [0.15, 0.2) is 0 Å². The van der Waals surface area contributed by atoms with Gasteiger partial charge >= 0.3 is 21.0 Å². The number of hydrogen-bond donors (Lipinski definition) is 0. The maximum atomic E-state index is 13.1. The van der Waals surface area contributed by atoms with Crippen molar-refractivity contribution < 1.29 is 26.3 Å². The maximum Gasteiger partial charge on any atom is 0.347 e. The zero-order valence-corrected chi connectivity index (χ0v) is 11.6. The first kappa shape index (κ1) is 18.3. The van der Waals surface area contributed by atoms with Crippen molar-refractivity contribution in [1.82, 2.24) is 0 Å². The molecule has 0 aromatic heterocycles. The van der Waals surface area contributed by atoms with Crippen molar-refractivity contribution in [3.8, 4) is 0 Å².